The standard InChI is InChI=1S/C16H25N3OS/c1-18-9-11-19(12-10-18)15-7-5-14(6-8-15)17-16(20)4-3-13-21-2/h5-8H,3-4,9-13H2,1-2H3,(H,17,20). The van der Waals surface area contributed by atoms with Gasteiger partial charge in [0, 0.05) is 44.0 Å². The van der Waals surface area contributed by atoms with Crippen LogP contribution in [-0.4, -0.2) is 56.0 Å². The van der Waals surface area contributed by atoms with E-state index in [1.807, 2.05) is 12.1 Å². The molecule has 1 heterocycles. The summed E-state index contributed by atoms with van der Waals surface area (Å²) in [6.45, 7) is 4.34. The molecule has 4 nitrogen and oxygen atoms in total. The van der Waals surface area contributed by atoms with Gasteiger partial charge in [-0.3, -0.25) is 4.79 Å². The minimum atomic E-state index is 0.108. The molecule has 1 aliphatic heterocycles. The lowest BCUT2D eigenvalue weighted by molar-refractivity contribution is -0.116. The number of hydrogen-bond acceptors (Lipinski definition) is 4. The number of anilines is 2. The van der Waals surface area contributed by atoms with E-state index in [0.29, 0.717) is 6.42 Å². The van der Waals surface area contributed by atoms with Crippen molar-refractivity contribution < 1.29 is 4.79 Å². The van der Waals surface area contributed by atoms with E-state index in [1.54, 1.807) is 11.8 Å². The van der Waals surface area contributed by atoms with Crippen molar-refractivity contribution in [3.05, 3.63) is 24.3 Å². The molecule has 5 heteroatoms. The number of thioether (sulfide) groups is 1. The summed E-state index contributed by atoms with van der Waals surface area (Å²) in [4.78, 5) is 16.5. The number of likely N-dealkylation sites (N-methyl/N-ethyl adjacent to an activating group) is 1. The Morgan fingerprint density at radius 3 is 2.48 bits per heavy atom. The molecular weight excluding hydrogens is 282 g/mol. The van der Waals surface area contributed by atoms with Crippen LogP contribution in [0.5, 0.6) is 0 Å². The summed E-state index contributed by atoms with van der Waals surface area (Å²) in [7, 11) is 2.16. The molecule has 2 rings (SSSR count). The third-order valence-electron chi connectivity index (χ3n) is 3.77. The summed E-state index contributed by atoms with van der Waals surface area (Å²) >= 11 is 1.78. The Bertz CT molecular complexity index is 441. The first-order valence-electron chi connectivity index (χ1n) is 7.51. The smallest absolute Gasteiger partial charge is 0.224 e. The minimum Gasteiger partial charge on any atom is -0.369 e. The fourth-order valence-electron chi connectivity index (χ4n) is 2.42. The lowest BCUT2D eigenvalue weighted by Crippen LogP contribution is -2.44. The van der Waals surface area contributed by atoms with E-state index in [2.05, 4.69) is 40.6 Å². The van der Waals surface area contributed by atoms with Crippen molar-refractivity contribution in [1.29, 1.82) is 0 Å². The molecule has 0 unspecified atom stereocenters. The van der Waals surface area contributed by atoms with Gasteiger partial charge >= 0.3 is 0 Å². The van der Waals surface area contributed by atoms with Gasteiger partial charge in [0.1, 0.15) is 0 Å². The maximum atomic E-state index is 11.8. The molecular formula is C16H25N3OS. The topological polar surface area (TPSA) is 35.6 Å². The molecule has 0 bridgehead atoms. The highest BCUT2D eigenvalue weighted by atomic mass is 32.2. The Hall–Kier alpha value is -1.20. The Balaban J connectivity index is 1.83. The monoisotopic (exact) mass is 307 g/mol. The first-order chi connectivity index (χ1) is 10.2. The number of hydrogen-bond donors (Lipinski definition) is 1. The molecule has 1 saturated heterocycles. The molecule has 1 amide bonds. The third kappa shape index (κ3) is 5.25. The fourth-order valence-corrected chi connectivity index (χ4v) is 2.85. The first kappa shape index (κ1) is 16.2. The molecule has 21 heavy (non-hydrogen) atoms. The predicted molar refractivity (Wildman–Crippen MR) is 92.4 cm³/mol. The van der Waals surface area contributed by atoms with E-state index in [1.165, 1.54) is 5.69 Å². The molecule has 0 aromatic heterocycles. The van der Waals surface area contributed by atoms with Crippen LogP contribution in [0.25, 0.3) is 0 Å². The summed E-state index contributed by atoms with van der Waals surface area (Å²) in [5.74, 6) is 1.15. The van der Waals surface area contributed by atoms with Gasteiger partial charge in [-0.05, 0) is 49.7 Å². The quantitative estimate of drug-likeness (QED) is 0.819. The number of benzene rings is 1. The van der Waals surface area contributed by atoms with Crippen LogP contribution in [0.3, 0.4) is 0 Å². The lowest BCUT2D eigenvalue weighted by atomic mass is 10.2. The second kappa shape index (κ2) is 8.29. The van der Waals surface area contributed by atoms with E-state index in [4.69, 9.17) is 0 Å². The Morgan fingerprint density at radius 2 is 1.86 bits per heavy atom. The third-order valence-corrected chi connectivity index (χ3v) is 4.47. The van der Waals surface area contributed by atoms with Crippen LogP contribution in [-0.2, 0) is 4.79 Å². The molecule has 1 aliphatic rings. The van der Waals surface area contributed by atoms with Gasteiger partial charge in [0.2, 0.25) is 5.91 Å². The van der Waals surface area contributed by atoms with Crippen molar-refractivity contribution in [3.63, 3.8) is 0 Å². The number of amides is 1. The van der Waals surface area contributed by atoms with Crippen LogP contribution >= 0.6 is 11.8 Å². The van der Waals surface area contributed by atoms with Gasteiger partial charge in [-0.15, -0.1) is 0 Å². The van der Waals surface area contributed by atoms with Crippen molar-refractivity contribution in [2.45, 2.75) is 12.8 Å². The number of rotatable bonds is 6. The Labute approximate surface area is 131 Å². The number of nitrogens with zero attached hydrogens (tertiary/aromatic N) is 2. The molecule has 116 valence electrons. The van der Waals surface area contributed by atoms with Gasteiger partial charge in [-0.1, -0.05) is 0 Å². The zero-order valence-electron chi connectivity index (χ0n) is 13.0. The zero-order chi connectivity index (χ0) is 15.1. The van der Waals surface area contributed by atoms with Gasteiger partial charge in [0.25, 0.3) is 0 Å². The summed E-state index contributed by atoms with van der Waals surface area (Å²) in [6.07, 6.45) is 3.60. The van der Waals surface area contributed by atoms with E-state index in [-0.39, 0.29) is 5.91 Å². The van der Waals surface area contributed by atoms with Crippen molar-refractivity contribution in [2.24, 2.45) is 0 Å². The van der Waals surface area contributed by atoms with Gasteiger partial charge in [-0.2, -0.15) is 11.8 Å². The molecule has 0 radical (unpaired) electrons. The van der Waals surface area contributed by atoms with E-state index < -0.39 is 0 Å². The molecule has 1 aromatic rings. The second-order valence-corrected chi connectivity index (χ2v) is 6.47. The number of nitrogens with one attached hydrogen (secondary N) is 1. The Kier molecular flexibility index (Phi) is 6.39. The van der Waals surface area contributed by atoms with E-state index in [0.717, 1.165) is 44.0 Å². The molecule has 0 spiro atoms. The lowest BCUT2D eigenvalue weighted by Gasteiger charge is -2.34. The normalized spacial score (nSPS) is 16.0. The van der Waals surface area contributed by atoms with Gasteiger partial charge < -0.3 is 15.1 Å². The summed E-state index contributed by atoms with van der Waals surface area (Å²) in [6, 6.07) is 8.20. The molecule has 1 aromatic carbocycles. The number of carbonyl (C=O) groups excluding carboxylic acids is 1. The summed E-state index contributed by atoms with van der Waals surface area (Å²) < 4.78 is 0. The van der Waals surface area contributed by atoms with Crippen LogP contribution in [0.1, 0.15) is 12.8 Å². The van der Waals surface area contributed by atoms with Crippen LogP contribution in [0, 0.1) is 0 Å². The highest BCUT2D eigenvalue weighted by molar-refractivity contribution is 7.98. The average Bonchev–Trinajstić information content (AvgIpc) is 2.49. The number of carbonyl (C=O) groups is 1. The number of piperazine rings is 1. The van der Waals surface area contributed by atoms with Gasteiger partial charge in [-0.25, -0.2) is 0 Å². The van der Waals surface area contributed by atoms with Gasteiger partial charge in [0.15, 0.2) is 0 Å². The summed E-state index contributed by atoms with van der Waals surface area (Å²) in [5, 5.41) is 2.96. The summed E-state index contributed by atoms with van der Waals surface area (Å²) in [5.41, 5.74) is 2.13. The van der Waals surface area contributed by atoms with Crippen molar-refractivity contribution in [2.75, 3.05) is 55.5 Å². The zero-order valence-corrected chi connectivity index (χ0v) is 13.8. The molecule has 0 aliphatic carbocycles. The second-order valence-electron chi connectivity index (χ2n) is 5.48. The molecule has 0 atom stereocenters. The van der Waals surface area contributed by atoms with Crippen LogP contribution in [0.4, 0.5) is 11.4 Å². The van der Waals surface area contributed by atoms with E-state index in [9.17, 15) is 4.79 Å². The predicted octanol–water partition coefficient (Wildman–Crippen LogP) is 2.52. The fraction of sp³-hybridized carbons (Fsp3) is 0.562. The maximum absolute atomic E-state index is 11.8. The largest absolute Gasteiger partial charge is 0.369 e. The maximum Gasteiger partial charge on any atom is 0.224 e. The first-order valence-corrected chi connectivity index (χ1v) is 8.91. The van der Waals surface area contributed by atoms with Crippen molar-refractivity contribution in [1.82, 2.24) is 4.90 Å². The molecule has 0 saturated carbocycles. The van der Waals surface area contributed by atoms with Crippen LogP contribution < -0.4 is 10.2 Å². The van der Waals surface area contributed by atoms with Crippen LogP contribution in [0.2, 0.25) is 0 Å². The molecule has 1 fully saturated rings. The minimum absolute atomic E-state index is 0.108. The SMILES string of the molecule is CSCCCC(=O)Nc1ccc(N2CCN(C)CC2)cc1. The Morgan fingerprint density at radius 1 is 1.19 bits per heavy atom. The molecule has 1 N–H and O–H groups in total. The average molecular weight is 307 g/mol. The van der Waals surface area contributed by atoms with Crippen LogP contribution in [0.15, 0.2) is 24.3 Å². The van der Waals surface area contributed by atoms with Crippen molar-refractivity contribution >= 4 is 29.0 Å². The highest BCUT2D eigenvalue weighted by Gasteiger charge is 2.14. The highest BCUT2D eigenvalue weighted by Crippen LogP contribution is 2.19. The van der Waals surface area contributed by atoms with Gasteiger partial charge in [0.05, 0.1) is 0 Å². The van der Waals surface area contributed by atoms with Crippen molar-refractivity contribution in [3.8, 4) is 0 Å². The van der Waals surface area contributed by atoms with E-state index >= 15 is 0 Å².